The lowest BCUT2D eigenvalue weighted by molar-refractivity contribution is -0.143. The average molecular weight is 264 g/mol. The normalized spacial score (nSPS) is 27.2. The zero-order chi connectivity index (χ0) is 13.9. The molecule has 0 radical (unpaired) electrons. The highest BCUT2D eigenvalue weighted by molar-refractivity contribution is 5.83. The lowest BCUT2D eigenvalue weighted by Gasteiger charge is -2.39. The number of furan rings is 1. The highest BCUT2D eigenvalue weighted by Crippen LogP contribution is 2.39. The van der Waals surface area contributed by atoms with Gasteiger partial charge >= 0.3 is 0 Å². The number of hydrogen-bond donors (Lipinski definition) is 1. The number of nitrogens with zero attached hydrogens (tertiary/aromatic N) is 1. The van der Waals surface area contributed by atoms with Gasteiger partial charge < -0.3 is 15.1 Å². The van der Waals surface area contributed by atoms with Crippen LogP contribution in [0.3, 0.4) is 0 Å². The van der Waals surface area contributed by atoms with E-state index in [0.29, 0.717) is 19.0 Å². The topological polar surface area (TPSA) is 59.5 Å². The molecule has 1 aromatic heterocycles. The van der Waals surface area contributed by atoms with Crippen molar-refractivity contribution in [1.29, 1.82) is 0 Å². The van der Waals surface area contributed by atoms with Gasteiger partial charge in [-0.2, -0.15) is 0 Å². The molecule has 0 aliphatic heterocycles. The van der Waals surface area contributed by atoms with Crippen molar-refractivity contribution < 1.29 is 9.21 Å². The molecule has 0 aromatic carbocycles. The minimum atomic E-state index is -0.342. The molecule has 0 atom stereocenters. The first-order chi connectivity index (χ1) is 9.07. The summed E-state index contributed by atoms with van der Waals surface area (Å²) in [5, 5.41) is 0. The van der Waals surface area contributed by atoms with Crippen LogP contribution in [-0.4, -0.2) is 24.4 Å². The van der Waals surface area contributed by atoms with Crippen LogP contribution in [0.4, 0.5) is 0 Å². The molecule has 0 unspecified atom stereocenters. The first-order valence-electron chi connectivity index (χ1n) is 7.04. The summed E-state index contributed by atoms with van der Waals surface area (Å²) in [7, 11) is 1.85. The molecular formula is C15H24N2O2. The zero-order valence-corrected chi connectivity index (χ0v) is 11.9. The SMILES string of the molecule is CC1CCC(CN)(C(=O)N(C)Cc2ccoc2)CC1. The van der Waals surface area contributed by atoms with E-state index in [1.165, 1.54) is 0 Å². The Hall–Kier alpha value is -1.29. The van der Waals surface area contributed by atoms with Gasteiger partial charge in [-0.25, -0.2) is 0 Å². The minimum Gasteiger partial charge on any atom is -0.472 e. The number of carbonyl (C=O) groups is 1. The molecule has 0 saturated heterocycles. The fourth-order valence-electron chi connectivity index (χ4n) is 2.95. The van der Waals surface area contributed by atoms with Crippen molar-refractivity contribution in [3.05, 3.63) is 24.2 Å². The Morgan fingerprint density at radius 3 is 2.74 bits per heavy atom. The summed E-state index contributed by atoms with van der Waals surface area (Å²) in [4.78, 5) is 14.5. The third-order valence-electron chi connectivity index (χ3n) is 4.42. The predicted molar refractivity (Wildman–Crippen MR) is 74.3 cm³/mol. The molecule has 1 saturated carbocycles. The fourth-order valence-corrected chi connectivity index (χ4v) is 2.95. The van der Waals surface area contributed by atoms with E-state index in [2.05, 4.69) is 6.92 Å². The third-order valence-corrected chi connectivity index (χ3v) is 4.42. The molecule has 2 N–H and O–H groups in total. The van der Waals surface area contributed by atoms with Crippen LogP contribution in [0.1, 0.15) is 38.2 Å². The predicted octanol–water partition coefficient (Wildman–Crippen LogP) is 2.39. The molecule has 0 bridgehead atoms. The molecule has 4 nitrogen and oxygen atoms in total. The average Bonchev–Trinajstić information content (AvgIpc) is 2.92. The lowest BCUT2D eigenvalue weighted by atomic mass is 9.70. The van der Waals surface area contributed by atoms with Crippen LogP contribution >= 0.6 is 0 Å². The van der Waals surface area contributed by atoms with E-state index >= 15 is 0 Å². The lowest BCUT2D eigenvalue weighted by Crippen LogP contribution is -2.48. The first-order valence-corrected chi connectivity index (χ1v) is 7.04. The fraction of sp³-hybridized carbons (Fsp3) is 0.667. The Balaban J connectivity index is 2.03. The Labute approximate surface area is 114 Å². The number of carbonyl (C=O) groups excluding carboxylic acids is 1. The van der Waals surface area contributed by atoms with Crippen molar-refractivity contribution in [1.82, 2.24) is 4.90 Å². The summed E-state index contributed by atoms with van der Waals surface area (Å²) in [5.41, 5.74) is 6.61. The molecule has 1 aromatic rings. The second kappa shape index (κ2) is 5.78. The highest BCUT2D eigenvalue weighted by atomic mass is 16.3. The van der Waals surface area contributed by atoms with Crippen LogP contribution in [0.25, 0.3) is 0 Å². The van der Waals surface area contributed by atoms with E-state index < -0.39 is 0 Å². The van der Waals surface area contributed by atoms with Crippen LogP contribution < -0.4 is 5.73 Å². The number of hydrogen-bond acceptors (Lipinski definition) is 3. The summed E-state index contributed by atoms with van der Waals surface area (Å²) in [6.45, 7) is 3.29. The van der Waals surface area contributed by atoms with E-state index in [0.717, 1.165) is 31.2 Å². The third kappa shape index (κ3) is 3.00. The second-order valence-electron chi connectivity index (χ2n) is 5.96. The van der Waals surface area contributed by atoms with Gasteiger partial charge in [0.05, 0.1) is 17.9 Å². The molecule has 2 rings (SSSR count). The smallest absolute Gasteiger partial charge is 0.230 e. The Kier molecular flexibility index (Phi) is 4.30. The van der Waals surface area contributed by atoms with Crippen LogP contribution in [0.2, 0.25) is 0 Å². The van der Waals surface area contributed by atoms with E-state index in [-0.39, 0.29) is 11.3 Å². The second-order valence-corrected chi connectivity index (χ2v) is 5.96. The molecule has 0 spiro atoms. The summed E-state index contributed by atoms with van der Waals surface area (Å²) in [6.07, 6.45) is 7.35. The van der Waals surface area contributed by atoms with E-state index in [9.17, 15) is 4.79 Å². The standard InChI is InChI=1S/C15H24N2O2/c1-12-3-6-15(11-16,7-4-12)14(18)17(2)9-13-5-8-19-10-13/h5,8,10,12H,3-4,6-7,9,11,16H2,1-2H3. The van der Waals surface area contributed by atoms with E-state index in [4.69, 9.17) is 10.2 Å². The van der Waals surface area contributed by atoms with Gasteiger partial charge in [-0.05, 0) is 37.7 Å². The van der Waals surface area contributed by atoms with Crippen molar-refractivity contribution in [3.63, 3.8) is 0 Å². The summed E-state index contributed by atoms with van der Waals surface area (Å²) < 4.78 is 5.04. The van der Waals surface area contributed by atoms with E-state index in [1.807, 2.05) is 13.1 Å². The van der Waals surface area contributed by atoms with Crippen molar-refractivity contribution in [2.75, 3.05) is 13.6 Å². The van der Waals surface area contributed by atoms with E-state index in [1.54, 1.807) is 17.4 Å². The summed E-state index contributed by atoms with van der Waals surface area (Å²) in [5.74, 6) is 0.898. The monoisotopic (exact) mass is 264 g/mol. The largest absolute Gasteiger partial charge is 0.472 e. The van der Waals surface area contributed by atoms with Crippen LogP contribution in [0, 0.1) is 11.3 Å². The Morgan fingerprint density at radius 2 is 2.21 bits per heavy atom. The van der Waals surface area contributed by atoms with Crippen molar-refractivity contribution >= 4 is 5.91 Å². The Morgan fingerprint density at radius 1 is 1.53 bits per heavy atom. The summed E-state index contributed by atoms with van der Waals surface area (Å²) in [6, 6.07) is 1.89. The van der Waals surface area contributed by atoms with Crippen LogP contribution in [0.15, 0.2) is 23.0 Å². The first kappa shape index (κ1) is 14.1. The molecule has 1 aliphatic rings. The molecule has 1 aliphatic carbocycles. The maximum atomic E-state index is 12.7. The molecular weight excluding hydrogens is 240 g/mol. The van der Waals surface area contributed by atoms with Crippen LogP contribution in [0.5, 0.6) is 0 Å². The van der Waals surface area contributed by atoms with Gasteiger partial charge in [-0.1, -0.05) is 6.92 Å². The van der Waals surface area contributed by atoms with Crippen molar-refractivity contribution in [3.8, 4) is 0 Å². The molecule has 1 amide bonds. The van der Waals surface area contributed by atoms with Gasteiger partial charge in [0.2, 0.25) is 5.91 Å². The molecule has 1 fully saturated rings. The molecule has 106 valence electrons. The molecule has 4 heteroatoms. The van der Waals surface area contributed by atoms with Gasteiger partial charge in [0.15, 0.2) is 0 Å². The maximum Gasteiger partial charge on any atom is 0.230 e. The van der Waals surface area contributed by atoms with Gasteiger partial charge in [-0.3, -0.25) is 4.79 Å². The van der Waals surface area contributed by atoms with Crippen LogP contribution in [-0.2, 0) is 11.3 Å². The van der Waals surface area contributed by atoms with Gasteiger partial charge in [0.25, 0.3) is 0 Å². The maximum absolute atomic E-state index is 12.7. The number of rotatable bonds is 4. The van der Waals surface area contributed by atoms with Gasteiger partial charge in [0.1, 0.15) is 0 Å². The van der Waals surface area contributed by atoms with Gasteiger partial charge in [-0.15, -0.1) is 0 Å². The zero-order valence-electron chi connectivity index (χ0n) is 11.9. The van der Waals surface area contributed by atoms with Crippen molar-refractivity contribution in [2.24, 2.45) is 17.1 Å². The molecule has 1 heterocycles. The van der Waals surface area contributed by atoms with Crippen molar-refractivity contribution in [2.45, 2.75) is 39.2 Å². The number of amides is 1. The van der Waals surface area contributed by atoms with Gasteiger partial charge in [0, 0.05) is 25.7 Å². The summed E-state index contributed by atoms with van der Waals surface area (Å²) >= 11 is 0. The quantitative estimate of drug-likeness (QED) is 0.908. The number of nitrogens with two attached hydrogens (primary N) is 1. The highest BCUT2D eigenvalue weighted by Gasteiger charge is 2.41. The molecule has 19 heavy (non-hydrogen) atoms. The Bertz CT molecular complexity index is 406. The minimum absolute atomic E-state index is 0.183.